The molecule has 3 aliphatic rings. The molecule has 3 unspecified atom stereocenters. The molecule has 0 amide bonds. The van der Waals surface area contributed by atoms with Crippen LogP contribution in [0.3, 0.4) is 0 Å². The lowest BCUT2D eigenvalue weighted by Crippen LogP contribution is -2.46. The summed E-state index contributed by atoms with van der Waals surface area (Å²) < 4.78 is 5.73. The monoisotopic (exact) mass is 404 g/mol. The average Bonchev–Trinajstić information content (AvgIpc) is 3.23. The van der Waals surface area contributed by atoms with Gasteiger partial charge in [-0.05, 0) is 25.3 Å². The highest BCUT2D eigenvalue weighted by Gasteiger charge is 2.60. The second-order valence-electron chi connectivity index (χ2n) is 7.17. The number of nitrogens with zero attached hydrogens (tertiary/aromatic N) is 6. The van der Waals surface area contributed by atoms with E-state index >= 15 is 0 Å². The molecule has 3 N–H and O–H groups in total. The van der Waals surface area contributed by atoms with E-state index in [-0.39, 0.29) is 17.6 Å². The van der Waals surface area contributed by atoms with Gasteiger partial charge in [-0.1, -0.05) is 0 Å². The predicted molar refractivity (Wildman–Crippen MR) is 107 cm³/mol. The minimum absolute atomic E-state index is 0.115. The predicted octanol–water partition coefficient (Wildman–Crippen LogP) is 0.946. The molecule has 3 atom stereocenters. The van der Waals surface area contributed by atoms with E-state index < -0.39 is 5.72 Å². The minimum Gasteiger partial charge on any atom is -0.326 e. The average molecular weight is 405 g/mol. The van der Waals surface area contributed by atoms with E-state index in [4.69, 9.17) is 15.9 Å². The number of rotatable bonds is 8. The second kappa shape index (κ2) is 8.19. The standard InChI is InChI=1S/C17H24N8O2S/c18-10-12-11-28-14(22-12)4-9-25(23-26)13-2-7-24(8-3-13)16-17(19,27-16)15-20-5-1-6-21-15/h1,5-6,10,13-14,16,18H,2-4,7-9,11,19H2. The smallest absolute Gasteiger partial charge is 0.219 e. The molecule has 4 rings (SSSR count). The van der Waals surface area contributed by atoms with Crippen LogP contribution in [0.15, 0.2) is 28.7 Å². The maximum Gasteiger partial charge on any atom is 0.219 e. The molecule has 10 nitrogen and oxygen atoms in total. The topological polar surface area (TPSA) is 136 Å². The maximum absolute atomic E-state index is 11.4. The van der Waals surface area contributed by atoms with Crippen molar-refractivity contribution in [3.63, 3.8) is 0 Å². The minimum atomic E-state index is -0.943. The van der Waals surface area contributed by atoms with E-state index in [0.717, 1.165) is 43.8 Å². The first kappa shape index (κ1) is 19.4. The van der Waals surface area contributed by atoms with Crippen LogP contribution in [0.1, 0.15) is 25.1 Å². The molecule has 11 heteroatoms. The largest absolute Gasteiger partial charge is 0.326 e. The van der Waals surface area contributed by atoms with Gasteiger partial charge in [-0.15, -0.1) is 16.7 Å². The lowest BCUT2D eigenvalue weighted by atomic mass is 10.0. The summed E-state index contributed by atoms with van der Waals surface area (Å²) >= 11 is 1.71. The zero-order chi connectivity index (χ0) is 19.6. The van der Waals surface area contributed by atoms with Crippen molar-refractivity contribution < 1.29 is 4.74 Å². The number of aromatic nitrogens is 2. The fraction of sp³-hybridized carbons (Fsp3) is 0.647. The van der Waals surface area contributed by atoms with Gasteiger partial charge in [-0.3, -0.25) is 20.6 Å². The number of nitroso groups, excluding NO2 is 1. The van der Waals surface area contributed by atoms with Gasteiger partial charge in [-0.2, -0.15) is 0 Å². The summed E-state index contributed by atoms with van der Waals surface area (Å²) in [5, 5.41) is 12.3. The SMILES string of the molecule is N=CC1=NC(CCN(N=O)C2CCN(C3OC3(N)c3ncccn3)CC2)SC1. The van der Waals surface area contributed by atoms with Gasteiger partial charge in [0, 0.05) is 44.0 Å². The molecule has 4 heterocycles. The highest BCUT2D eigenvalue weighted by atomic mass is 32.2. The number of nitrogens with two attached hydrogens (primary N) is 1. The van der Waals surface area contributed by atoms with Crippen molar-refractivity contribution in [1.29, 1.82) is 5.41 Å². The number of piperidine rings is 1. The fourth-order valence-electron chi connectivity index (χ4n) is 3.78. The van der Waals surface area contributed by atoms with Gasteiger partial charge < -0.3 is 10.1 Å². The van der Waals surface area contributed by atoms with E-state index in [2.05, 4.69) is 25.1 Å². The molecule has 3 aliphatic heterocycles. The van der Waals surface area contributed by atoms with Crippen molar-refractivity contribution in [2.24, 2.45) is 16.0 Å². The fourth-order valence-corrected chi connectivity index (χ4v) is 4.78. The Hall–Kier alpha value is -1.95. The van der Waals surface area contributed by atoms with E-state index in [0.29, 0.717) is 12.4 Å². The molecule has 150 valence electrons. The van der Waals surface area contributed by atoms with Crippen LogP contribution in [-0.2, 0) is 10.5 Å². The van der Waals surface area contributed by atoms with Crippen LogP contribution < -0.4 is 5.73 Å². The van der Waals surface area contributed by atoms with Gasteiger partial charge in [0.2, 0.25) is 5.72 Å². The molecule has 0 saturated carbocycles. The molecule has 2 fully saturated rings. The van der Waals surface area contributed by atoms with Crippen LogP contribution in [0.25, 0.3) is 0 Å². The molecular weight excluding hydrogens is 380 g/mol. The highest BCUT2D eigenvalue weighted by molar-refractivity contribution is 8.01. The van der Waals surface area contributed by atoms with Crippen LogP contribution in [0.4, 0.5) is 0 Å². The first-order chi connectivity index (χ1) is 13.6. The summed E-state index contributed by atoms with van der Waals surface area (Å²) in [6.45, 7) is 2.14. The van der Waals surface area contributed by atoms with Crippen LogP contribution in [0.2, 0.25) is 0 Å². The van der Waals surface area contributed by atoms with Crippen molar-refractivity contribution in [3.05, 3.63) is 29.2 Å². The summed E-state index contributed by atoms with van der Waals surface area (Å²) in [7, 11) is 0. The van der Waals surface area contributed by atoms with Crippen LogP contribution in [0.5, 0.6) is 0 Å². The van der Waals surface area contributed by atoms with Crippen molar-refractivity contribution in [2.75, 3.05) is 25.4 Å². The van der Waals surface area contributed by atoms with Gasteiger partial charge in [0.1, 0.15) is 0 Å². The third-order valence-corrected chi connectivity index (χ3v) is 6.58. The Bertz CT molecular complexity index is 742. The number of aliphatic imine (C=N–C) groups is 1. The number of epoxide rings is 1. The van der Waals surface area contributed by atoms with E-state index in [1.54, 1.807) is 35.2 Å². The number of hydrogen-bond acceptors (Lipinski definition) is 10. The van der Waals surface area contributed by atoms with Crippen molar-refractivity contribution in [1.82, 2.24) is 19.9 Å². The Kier molecular flexibility index (Phi) is 5.67. The van der Waals surface area contributed by atoms with Gasteiger partial charge in [0.15, 0.2) is 12.1 Å². The molecule has 0 spiro atoms. The molecule has 0 aliphatic carbocycles. The Morgan fingerprint density at radius 3 is 2.82 bits per heavy atom. The number of thioether (sulfide) groups is 1. The molecule has 2 saturated heterocycles. The summed E-state index contributed by atoms with van der Waals surface area (Å²) in [5.41, 5.74) is 6.17. The van der Waals surface area contributed by atoms with Crippen molar-refractivity contribution in [2.45, 2.75) is 42.6 Å². The normalized spacial score (nSPS) is 30.7. The number of hydrogen-bond donors (Lipinski definition) is 2. The zero-order valence-electron chi connectivity index (χ0n) is 15.5. The van der Waals surface area contributed by atoms with Crippen LogP contribution >= 0.6 is 11.8 Å². The third kappa shape index (κ3) is 3.93. The van der Waals surface area contributed by atoms with Gasteiger partial charge in [0.25, 0.3) is 0 Å². The zero-order valence-corrected chi connectivity index (χ0v) is 16.3. The summed E-state index contributed by atoms with van der Waals surface area (Å²) in [5.74, 6) is 1.27. The van der Waals surface area contributed by atoms with Gasteiger partial charge in [-0.25, -0.2) is 9.97 Å². The van der Waals surface area contributed by atoms with Gasteiger partial charge >= 0.3 is 0 Å². The Morgan fingerprint density at radius 2 is 2.18 bits per heavy atom. The molecular formula is C17H24N8O2S. The van der Waals surface area contributed by atoms with E-state index in [9.17, 15) is 4.91 Å². The number of ether oxygens (including phenoxy) is 1. The lowest BCUT2D eigenvalue weighted by Gasteiger charge is -2.35. The van der Waals surface area contributed by atoms with E-state index in [1.165, 1.54) is 6.21 Å². The quantitative estimate of drug-likeness (QED) is 0.283. The highest BCUT2D eigenvalue weighted by Crippen LogP contribution is 2.42. The molecule has 1 aromatic rings. The maximum atomic E-state index is 11.4. The lowest BCUT2D eigenvalue weighted by molar-refractivity contribution is 0.0802. The van der Waals surface area contributed by atoms with Crippen LogP contribution in [-0.4, -0.2) is 74.8 Å². The third-order valence-electron chi connectivity index (χ3n) is 5.39. The first-order valence-electron chi connectivity index (χ1n) is 9.41. The number of likely N-dealkylation sites (tertiary alicyclic amines) is 1. The first-order valence-corrected chi connectivity index (χ1v) is 10.5. The van der Waals surface area contributed by atoms with E-state index in [1.807, 2.05) is 0 Å². The summed E-state index contributed by atoms with van der Waals surface area (Å²) in [6, 6.07) is 1.86. The summed E-state index contributed by atoms with van der Waals surface area (Å²) in [4.78, 5) is 26.4. The van der Waals surface area contributed by atoms with Crippen LogP contribution in [0, 0.1) is 10.3 Å². The van der Waals surface area contributed by atoms with Gasteiger partial charge in [0.05, 0.1) is 22.4 Å². The van der Waals surface area contributed by atoms with Crippen molar-refractivity contribution in [3.8, 4) is 0 Å². The molecule has 0 radical (unpaired) electrons. The molecule has 0 aromatic carbocycles. The Labute approximate surface area is 167 Å². The Balaban J connectivity index is 1.26. The van der Waals surface area contributed by atoms with Crippen molar-refractivity contribution >= 4 is 23.7 Å². The Morgan fingerprint density at radius 1 is 1.43 bits per heavy atom. The molecule has 1 aromatic heterocycles. The summed E-state index contributed by atoms with van der Waals surface area (Å²) in [6.07, 6.45) is 6.81. The molecule has 0 bridgehead atoms. The second-order valence-corrected chi connectivity index (χ2v) is 8.33. The molecule has 28 heavy (non-hydrogen) atoms. The number of nitrogens with one attached hydrogen (secondary N) is 1.